The van der Waals surface area contributed by atoms with Crippen LogP contribution in [0.4, 0.5) is 5.69 Å². The molecule has 1 amide bonds. The lowest BCUT2D eigenvalue weighted by Crippen LogP contribution is -2.32. The molecule has 0 fully saturated rings. The second kappa shape index (κ2) is 10.2. The maximum atomic E-state index is 12.6. The van der Waals surface area contributed by atoms with E-state index in [9.17, 15) is 4.79 Å². The van der Waals surface area contributed by atoms with Gasteiger partial charge in [0.1, 0.15) is 12.4 Å². The average molecular weight is 391 g/mol. The van der Waals surface area contributed by atoms with Gasteiger partial charge in [-0.2, -0.15) is 0 Å². The fourth-order valence-electron chi connectivity index (χ4n) is 2.79. The highest BCUT2D eigenvalue weighted by atomic mass is 16.5. The van der Waals surface area contributed by atoms with E-state index in [4.69, 9.17) is 14.2 Å². The van der Waals surface area contributed by atoms with E-state index in [1.54, 1.807) is 19.2 Å². The monoisotopic (exact) mass is 391 g/mol. The molecule has 5 nitrogen and oxygen atoms in total. The summed E-state index contributed by atoms with van der Waals surface area (Å²) >= 11 is 0. The second-order valence-corrected chi connectivity index (χ2v) is 6.45. The highest BCUT2D eigenvalue weighted by molar-refractivity contribution is 5.94. The third-order valence-electron chi connectivity index (χ3n) is 4.37. The summed E-state index contributed by atoms with van der Waals surface area (Å²) < 4.78 is 16.9. The highest BCUT2D eigenvalue weighted by Crippen LogP contribution is 2.27. The Kier molecular flexibility index (Phi) is 7.11. The van der Waals surface area contributed by atoms with Crippen LogP contribution in [-0.2, 0) is 11.4 Å². The lowest BCUT2D eigenvalue weighted by Gasteiger charge is -2.19. The van der Waals surface area contributed by atoms with Crippen LogP contribution in [0, 0.1) is 0 Å². The van der Waals surface area contributed by atoms with Crippen molar-refractivity contribution in [1.82, 2.24) is 0 Å². The minimum absolute atomic E-state index is 0.212. The Morgan fingerprint density at radius 3 is 2.21 bits per heavy atom. The molecule has 1 atom stereocenters. The lowest BCUT2D eigenvalue weighted by atomic mass is 10.2. The molecule has 5 heteroatoms. The molecule has 0 spiro atoms. The number of benzene rings is 3. The summed E-state index contributed by atoms with van der Waals surface area (Å²) in [5.41, 5.74) is 1.79. The van der Waals surface area contributed by atoms with Gasteiger partial charge in [-0.25, -0.2) is 0 Å². The molecule has 0 aromatic heterocycles. The first-order valence-electron chi connectivity index (χ1n) is 9.57. The van der Waals surface area contributed by atoms with Gasteiger partial charge in [-0.15, -0.1) is 0 Å². The van der Waals surface area contributed by atoms with E-state index in [1.165, 1.54) is 0 Å². The number of anilines is 1. The maximum Gasteiger partial charge on any atom is 0.265 e. The van der Waals surface area contributed by atoms with E-state index >= 15 is 0 Å². The van der Waals surface area contributed by atoms with Crippen molar-refractivity contribution in [3.8, 4) is 17.2 Å². The van der Waals surface area contributed by atoms with Gasteiger partial charge in [-0.3, -0.25) is 4.79 Å². The van der Waals surface area contributed by atoms with Crippen LogP contribution in [0.25, 0.3) is 0 Å². The summed E-state index contributed by atoms with van der Waals surface area (Å²) in [6.45, 7) is 2.40. The summed E-state index contributed by atoms with van der Waals surface area (Å²) in [6.07, 6.45) is -0.0948. The molecule has 150 valence electrons. The lowest BCUT2D eigenvalue weighted by molar-refractivity contribution is -0.122. The molecular weight excluding hydrogens is 366 g/mol. The first-order valence-corrected chi connectivity index (χ1v) is 9.57. The number of hydrogen-bond donors (Lipinski definition) is 1. The molecule has 0 aliphatic heterocycles. The number of carbonyl (C=O) groups is 1. The van der Waals surface area contributed by atoms with Crippen molar-refractivity contribution < 1.29 is 19.0 Å². The largest absolute Gasteiger partial charge is 0.493 e. The fourth-order valence-corrected chi connectivity index (χ4v) is 2.79. The van der Waals surface area contributed by atoms with Crippen molar-refractivity contribution >= 4 is 11.6 Å². The van der Waals surface area contributed by atoms with Crippen molar-refractivity contribution in [1.29, 1.82) is 0 Å². The topological polar surface area (TPSA) is 56.8 Å². The van der Waals surface area contributed by atoms with Gasteiger partial charge >= 0.3 is 0 Å². The van der Waals surface area contributed by atoms with Gasteiger partial charge in [0.25, 0.3) is 5.91 Å². The van der Waals surface area contributed by atoms with Gasteiger partial charge in [0, 0.05) is 5.69 Å². The van der Waals surface area contributed by atoms with Crippen molar-refractivity contribution in [3.63, 3.8) is 0 Å². The van der Waals surface area contributed by atoms with E-state index in [0.717, 1.165) is 11.3 Å². The Labute approximate surface area is 171 Å². The number of amides is 1. The van der Waals surface area contributed by atoms with Crippen LogP contribution in [0.3, 0.4) is 0 Å². The fraction of sp³-hybridized carbons (Fsp3) is 0.208. The molecule has 29 heavy (non-hydrogen) atoms. The first kappa shape index (κ1) is 20.3. The summed E-state index contributed by atoms with van der Waals surface area (Å²) in [5, 5.41) is 2.89. The van der Waals surface area contributed by atoms with Gasteiger partial charge in [0.15, 0.2) is 17.6 Å². The van der Waals surface area contributed by atoms with Gasteiger partial charge in [-0.1, -0.05) is 49.4 Å². The van der Waals surface area contributed by atoms with E-state index < -0.39 is 6.10 Å². The van der Waals surface area contributed by atoms with Crippen LogP contribution < -0.4 is 19.5 Å². The zero-order valence-corrected chi connectivity index (χ0v) is 16.6. The van der Waals surface area contributed by atoms with Crippen molar-refractivity contribution in [2.45, 2.75) is 26.1 Å². The molecule has 0 saturated heterocycles. The molecule has 0 unspecified atom stereocenters. The molecular formula is C24H25NO4. The van der Waals surface area contributed by atoms with Gasteiger partial charge < -0.3 is 19.5 Å². The van der Waals surface area contributed by atoms with Crippen LogP contribution in [0.2, 0.25) is 0 Å². The number of rotatable bonds is 9. The van der Waals surface area contributed by atoms with Crippen molar-refractivity contribution in [3.05, 3.63) is 84.4 Å². The Hall–Kier alpha value is -3.47. The first-order chi connectivity index (χ1) is 14.2. The van der Waals surface area contributed by atoms with E-state index in [1.807, 2.05) is 73.7 Å². The Balaban J connectivity index is 1.57. The maximum absolute atomic E-state index is 12.6. The van der Waals surface area contributed by atoms with E-state index in [2.05, 4.69) is 5.32 Å². The van der Waals surface area contributed by atoms with Gasteiger partial charge in [0.05, 0.1) is 7.11 Å². The molecule has 0 radical (unpaired) electrons. The summed E-state index contributed by atoms with van der Waals surface area (Å²) in [7, 11) is 1.57. The SMILES string of the molecule is CC[C@H](Oc1ccccc1OC)C(=O)Nc1ccc(OCc2ccccc2)cc1. The molecule has 0 aliphatic carbocycles. The highest BCUT2D eigenvalue weighted by Gasteiger charge is 2.20. The summed E-state index contributed by atoms with van der Waals surface area (Å²) in [5.74, 6) is 1.67. The molecule has 3 rings (SSSR count). The normalized spacial score (nSPS) is 11.4. The minimum atomic E-state index is -0.625. The third-order valence-corrected chi connectivity index (χ3v) is 4.37. The number of para-hydroxylation sites is 2. The zero-order valence-electron chi connectivity index (χ0n) is 16.6. The standard InChI is InChI=1S/C24H25NO4/c1-3-21(29-23-12-8-7-11-22(23)27-2)24(26)25-19-13-15-20(16-14-19)28-17-18-9-5-4-6-10-18/h4-16,21H,3,17H2,1-2H3,(H,25,26)/t21-/m0/s1. The molecule has 3 aromatic carbocycles. The van der Waals surface area contributed by atoms with E-state index in [-0.39, 0.29) is 5.91 Å². The number of hydrogen-bond acceptors (Lipinski definition) is 4. The summed E-state index contributed by atoms with van der Waals surface area (Å²) in [4.78, 5) is 12.6. The number of carbonyl (C=O) groups excluding carboxylic acids is 1. The summed E-state index contributed by atoms with van der Waals surface area (Å²) in [6, 6.07) is 24.5. The van der Waals surface area contributed by atoms with Crippen LogP contribution in [0.15, 0.2) is 78.9 Å². The number of nitrogens with one attached hydrogen (secondary N) is 1. The Morgan fingerprint density at radius 2 is 1.55 bits per heavy atom. The Bertz CT molecular complexity index is 910. The van der Waals surface area contributed by atoms with Crippen LogP contribution in [-0.4, -0.2) is 19.1 Å². The van der Waals surface area contributed by atoms with E-state index in [0.29, 0.717) is 30.2 Å². The van der Waals surface area contributed by atoms with Crippen LogP contribution in [0.5, 0.6) is 17.2 Å². The predicted octanol–water partition coefficient (Wildman–Crippen LogP) is 5.07. The molecule has 3 aromatic rings. The third kappa shape index (κ3) is 5.75. The smallest absolute Gasteiger partial charge is 0.265 e. The Morgan fingerprint density at radius 1 is 0.897 bits per heavy atom. The predicted molar refractivity (Wildman–Crippen MR) is 114 cm³/mol. The van der Waals surface area contributed by atoms with Crippen molar-refractivity contribution in [2.75, 3.05) is 12.4 Å². The zero-order chi connectivity index (χ0) is 20.5. The molecule has 0 bridgehead atoms. The second-order valence-electron chi connectivity index (χ2n) is 6.45. The minimum Gasteiger partial charge on any atom is -0.493 e. The van der Waals surface area contributed by atoms with Gasteiger partial charge in [-0.05, 0) is 48.4 Å². The molecule has 0 heterocycles. The number of ether oxygens (including phenoxy) is 3. The molecule has 0 saturated carbocycles. The molecule has 1 N–H and O–H groups in total. The molecule has 0 aliphatic rings. The average Bonchev–Trinajstić information content (AvgIpc) is 2.77. The quantitative estimate of drug-likeness (QED) is 0.553. The van der Waals surface area contributed by atoms with Crippen LogP contribution >= 0.6 is 0 Å². The van der Waals surface area contributed by atoms with Crippen molar-refractivity contribution in [2.24, 2.45) is 0 Å². The van der Waals surface area contributed by atoms with Gasteiger partial charge in [0.2, 0.25) is 0 Å². The number of methoxy groups -OCH3 is 1. The van der Waals surface area contributed by atoms with Crippen LogP contribution in [0.1, 0.15) is 18.9 Å².